The van der Waals surface area contributed by atoms with Crippen LogP contribution in [0.4, 0.5) is 10.1 Å². The topological polar surface area (TPSA) is 47.1 Å². The lowest BCUT2D eigenvalue weighted by atomic mass is 10.0. The van der Waals surface area contributed by atoms with Crippen LogP contribution in [-0.4, -0.2) is 16.6 Å². The highest BCUT2D eigenvalue weighted by Crippen LogP contribution is 2.28. The van der Waals surface area contributed by atoms with Crippen molar-refractivity contribution >= 4 is 5.69 Å². The van der Waals surface area contributed by atoms with Gasteiger partial charge in [0.15, 0.2) is 0 Å². The van der Waals surface area contributed by atoms with Gasteiger partial charge in [-0.25, -0.2) is 9.37 Å². The van der Waals surface area contributed by atoms with Crippen molar-refractivity contribution in [2.45, 2.75) is 26.4 Å². The van der Waals surface area contributed by atoms with Gasteiger partial charge in [-0.1, -0.05) is 0 Å². The van der Waals surface area contributed by atoms with Gasteiger partial charge in [-0.05, 0) is 37.1 Å². The Morgan fingerprint density at radius 1 is 1.45 bits per heavy atom. The summed E-state index contributed by atoms with van der Waals surface area (Å²) in [6.45, 7) is 4.27. The van der Waals surface area contributed by atoms with E-state index in [4.69, 9.17) is 5.73 Å². The predicted octanol–water partition coefficient (Wildman–Crippen LogP) is 2.52. The standard InChI is InChI=1S/C15H21FN4/c1-10-7-14(12(11(2)17)8-13(10)16)20(4)9-15-18-5-6-19(15)3/h5-8,11H,9,17H2,1-4H3. The summed E-state index contributed by atoms with van der Waals surface area (Å²) in [7, 11) is 3.92. The molecule has 1 aromatic carbocycles. The number of aromatic nitrogens is 2. The minimum absolute atomic E-state index is 0.216. The molecule has 0 fully saturated rings. The number of rotatable bonds is 4. The van der Waals surface area contributed by atoms with Crippen molar-refractivity contribution in [1.29, 1.82) is 0 Å². The predicted molar refractivity (Wildman–Crippen MR) is 79.1 cm³/mol. The minimum atomic E-state index is -0.219. The number of benzene rings is 1. The summed E-state index contributed by atoms with van der Waals surface area (Å²) in [5, 5.41) is 0. The first-order valence-corrected chi connectivity index (χ1v) is 6.63. The first-order chi connectivity index (χ1) is 9.40. The van der Waals surface area contributed by atoms with Crippen molar-refractivity contribution in [2.75, 3.05) is 11.9 Å². The van der Waals surface area contributed by atoms with Crippen LogP contribution in [0.1, 0.15) is 29.9 Å². The Hall–Kier alpha value is -1.88. The summed E-state index contributed by atoms with van der Waals surface area (Å²) in [6, 6.07) is 3.16. The van der Waals surface area contributed by atoms with Crippen molar-refractivity contribution in [2.24, 2.45) is 12.8 Å². The van der Waals surface area contributed by atoms with Crippen LogP contribution in [0.3, 0.4) is 0 Å². The quantitative estimate of drug-likeness (QED) is 0.933. The Morgan fingerprint density at radius 3 is 2.70 bits per heavy atom. The number of hydrogen-bond donors (Lipinski definition) is 1. The van der Waals surface area contributed by atoms with Crippen molar-refractivity contribution in [1.82, 2.24) is 9.55 Å². The van der Waals surface area contributed by atoms with E-state index in [9.17, 15) is 4.39 Å². The van der Waals surface area contributed by atoms with E-state index in [-0.39, 0.29) is 11.9 Å². The molecule has 5 heteroatoms. The number of imidazole rings is 1. The molecule has 4 nitrogen and oxygen atoms in total. The summed E-state index contributed by atoms with van der Waals surface area (Å²) in [5.74, 6) is 0.733. The van der Waals surface area contributed by atoms with Crippen LogP contribution in [0.25, 0.3) is 0 Å². The van der Waals surface area contributed by atoms with Gasteiger partial charge in [-0.2, -0.15) is 0 Å². The van der Waals surface area contributed by atoms with Gasteiger partial charge in [0.2, 0.25) is 0 Å². The number of anilines is 1. The van der Waals surface area contributed by atoms with Gasteiger partial charge in [0.1, 0.15) is 11.6 Å². The maximum atomic E-state index is 13.7. The molecule has 0 radical (unpaired) electrons. The third kappa shape index (κ3) is 2.82. The molecule has 2 rings (SSSR count). The summed E-state index contributed by atoms with van der Waals surface area (Å²) in [5.41, 5.74) is 8.34. The molecule has 0 amide bonds. The molecular formula is C15H21FN4. The van der Waals surface area contributed by atoms with Crippen LogP contribution in [0, 0.1) is 12.7 Å². The number of halogens is 1. The second-order valence-electron chi connectivity index (χ2n) is 5.26. The maximum absolute atomic E-state index is 13.7. The first kappa shape index (κ1) is 14.5. The Morgan fingerprint density at radius 2 is 2.15 bits per heavy atom. The molecule has 0 bridgehead atoms. The van der Waals surface area contributed by atoms with Crippen LogP contribution in [0.15, 0.2) is 24.5 Å². The zero-order valence-corrected chi connectivity index (χ0v) is 12.4. The minimum Gasteiger partial charge on any atom is -0.367 e. The Kier molecular flexibility index (Phi) is 4.09. The van der Waals surface area contributed by atoms with Gasteiger partial charge < -0.3 is 15.2 Å². The second kappa shape index (κ2) is 5.63. The lowest BCUT2D eigenvalue weighted by Gasteiger charge is -2.24. The van der Waals surface area contributed by atoms with E-state index in [0.29, 0.717) is 12.1 Å². The van der Waals surface area contributed by atoms with Crippen LogP contribution in [0.2, 0.25) is 0 Å². The summed E-state index contributed by atoms with van der Waals surface area (Å²) >= 11 is 0. The highest BCUT2D eigenvalue weighted by molar-refractivity contribution is 5.56. The number of nitrogens with zero attached hydrogens (tertiary/aromatic N) is 3. The fraction of sp³-hybridized carbons (Fsp3) is 0.400. The second-order valence-corrected chi connectivity index (χ2v) is 5.26. The average Bonchev–Trinajstić information content (AvgIpc) is 2.77. The van der Waals surface area contributed by atoms with E-state index in [1.54, 1.807) is 13.1 Å². The van der Waals surface area contributed by atoms with E-state index in [1.807, 2.05) is 42.7 Å². The molecule has 0 saturated carbocycles. The Bertz CT molecular complexity index is 604. The van der Waals surface area contributed by atoms with E-state index in [2.05, 4.69) is 4.98 Å². The molecule has 108 valence electrons. The molecule has 0 aliphatic heterocycles. The number of hydrogen-bond acceptors (Lipinski definition) is 3. The molecule has 1 heterocycles. The maximum Gasteiger partial charge on any atom is 0.127 e. The first-order valence-electron chi connectivity index (χ1n) is 6.63. The van der Waals surface area contributed by atoms with Gasteiger partial charge in [-0.3, -0.25) is 0 Å². The summed E-state index contributed by atoms with van der Waals surface area (Å²) in [4.78, 5) is 6.36. The number of aryl methyl sites for hydroxylation is 2. The van der Waals surface area contributed by atoms with E-state index < -0.39 is 0 Å². The van der Waals surface area contributed by atoms with Gasteiger partial charge in [0.25, 0.3) is 0 Å². The van der Waals surface area contributed by atoms with Crippen molar-refractivity contribution in [3.63, 3.8) is 0 Å². The largest absolute Gasteiger partial charge is 0.367 e. The molecule has 0 aliphatic carbocycles. The third-order valence-corrected chi connectivity index (χ3v) is 3.51. The van der Waals surface area contributed by atoms with Crippen molar-refractivity contribution < 1.29 is 4.39 Å². The van der Waals surface area contributed by atoms with Crippen LogP contribution < -0.4 is 10.6 Å². The lowest BCUT2D eigenvalue weighted by Crippen LogP contribution is -2.22. The van der Waals surface area contributed by atoms with Gasteiger partial charge >= 0.3 is 0 Å². The van der Waals surface area contributed by atoms with Gasteiger partial charge in [0.05, 0.1) is 6.54 Å². The molecule has 0 aliphatic rings. The molecule has 1 unspecified atom stereocenters. The van der Waals surface area contributed by atoms with E-state index >= 15 is 0 Å². The number of nitrogens with two attached hydrogens (primary N) is 1. The molecule has 0 saturated heterocycles. The fourth-order valence-corrected chi connectivity index (χ4v) is 2.22. The molecule has 2 N–H and O–H groups in total. The Balaban J connectivity index is 2.36. The van der Waals surface area contributed by atoms with Crippen LogP contribution in [-0.2, 0) is 13.6 Å². The highest BCUT2D eigenvalue weighted by atomic mass is 19.1. The van der Waals surface area contributed by atoms with Crippen molar-refractivity contribution in [3.8, 4) is 0 Å². The monoisotopic (exact) mass is 276 g/mol. The summed E-state index contributed by atoms with van der Waals surface area (Å²) in [6.07, 6.45) is 3.68. The SMILES string of the molecule is Cc1cc(N(C)Cc2nccn2C)c(C(C)N)cc1F. The smallest absolute Gasteiger partial charge is 0.127 e. The van der Waals surface area contributed by atoms with Gasteiger partial charge in [0, 0.05) is 38.2 Å². The molecule has 2 aromatic rings. The van der Waals surface area contributed by atoms with E-state index in [1.165, 1.54) is 6.07 Å². The zero-order chi connectivity index (χ0) is 14.9. The fourth-order valence-electron chi connectivity index (χ4n) is 2.22. The summed E-state index contributed by atoms with van der Waals surface area (Å²) < 4.78 is 15.7. The average molecular weight is 276 g/mol. The van der Waals surface area contributed by atoms with Crippen LogP contribution in [0.5, 0.6) is 0 Å². The zero-order valence-electron chi connectivity index (χ0n) is 12.4. The van der Waals surface area contributed by atoms with Gasteiger partial charge in [-0.15, -0.1) is 0 Å². The van der Waals surface area contributed by atoms with Crippen LogP contribution >= 0.6 is 0 Å². The molecule has 0 spiro atoms. The van der Waals surface area contributed by atoms with Crippen molar-refractivity contribution in [3.05, 3.63) is 47.3 Å². The molecule has 1 aromatic heterocycles. The molecule has 1 atom stereocenters. The molecule has 20 heavy (non-hydrogen) atoms. The van der Waals surface area contributed by atoms with E-state index in [0.717, 1.165) is 17.1 Å². The Labute approximate surface area is 119 Å². The normalized spacial score (nSPS) is 12.5. The lowest BCUT2D eigenvalue weighted by molar-refractivity contribution is 0.612. The third-order valence-electron chi connectivity index (χ3n) is 3.51. The highest BCUT2D eigenvalue weighted by Gasteiger charge is 2.15. The molecular weight excluding hydrogens is 255 g/mol.